The molecule has 0 amide bonds. The molecular weight excluding hydrogens is 210 g/mol. The molecule has 0 radical (unpaired) electrons. The number of piperidine rings is 1. The van der Waals surface area contributed by atoms with Gasteiger partial charge in [-0.25, -0.2) is 8.78 Å². The van der Waals surface area contributed by atoms with Crippen LogP contribution in [0.3, 0.4) is 0 Å². The van der Waals surface area contributed by atoms with Crippen LogP contribution in [0.5, 0.6) is 0 Å². The van der Waals surface area contributed by atoms with Gasteiger partial charge in [-0.1, -0.05) is 6.07 Å². The monoisotopic (exact) mass is 226 g/mol. The van der Waals surface area contributed by atoms with E-state index in [0.717, 1.165) is 24.9 Å². The number of rotatable bonds is 2. The molecule has 0 aromatic heterocycles. The van der Waals surface area contributed by atoms with Gasteiger partial charge < -0.3 is 10.6 Å². The molecule has 4 heteroatoms. The minimum Gasteiger partial charge on any atom is -0.317 e. The van der Waals surface area contributed by atoms with Gasteiger partial charge in [0.25, 0.3) is 0 Å². The number of benzene rings is 1. The molecule has 2 N–H and O–H groups in total. The maximum absolute atomic E-state index is 13.1. The molecule has 0 saturated carbocycles. The molecule has 0 bridgehead atoms. The molecule has 0 aliphatic carbocycles. The molecule has 2 atom stereocenters. The summed E-state index contributed by atoms with van der Waals surface area (Å²) < 4.78 is 25.9. The van der Waals surface area contributed by atoms with Crippen LogP contribution < -0.4 is 10.6 Å². The van der Waals surface area contributed by atoms with Crippen molar-refractivity contribution >= 4 is 0 Å². The summed E-state index contributed by atoms with van der Waals surface area (Å²) in [7, 11) is 1.93. The summed E-state index contributed by atoms with van der Waals surface area (Å²) >= 11 is 0. The zero-order valence-electron chi connectivity index (χ0n) is 9.26. The Bertz CT molecular complexity index is 368. The van der Waals surface area contributed by atoms with E-state index < -0.39 is 11.6 Å². The van der Waals surface area contributed by atoms with Crippen molar-refractivity contribution in [2.75, 3.05) is 13.6 Å². The second-order valence-corrected chi connectivity index (χ2v) is 4.19. The summed E-state index contributed by atoms with van der Waals surface area (Å²) in [5, 5.41) is 6.54. The fourth-order valence-corrected chi connectivity index (χ4v) is 2.16. The van der Waals surface area contributed by atoms with E-state index in [1.807, 2.05) is 7.05 Å². The first-order chi connectivity index (χ1) is 7.70. The van der Waals surface area contributed by atoms with Crippen LogP contribution in [0.4, 0.5) is 8.78 Å². The van der Waals surface area contributed by atoms with Crippen molar-refractivity contribution in [1.82, 2.24) is 10.6 Å². The first-order valence-corrected chi connectivity index (χ1v) is 5.56. The number of halogens is 2. The Kier molecular flexibility index (Phi) is 3.51. The normalized spacial score (nSPS) is 25.7. The van der Waals surface area contributed by atoms with E-state index in [9.17, 15) is 8.78 Å². The first-order valence-electron chi connectivity index (χ1n) is 5.56. The quantitative estimate of drug-likeness (QED) is 0.805. The van der Waals surface area contributed by atoms with Crippen molar-refractivity contribution < 1.29 is 8.78 Å². The highest BCUT2D eigenvalue weighted by atomic mass is 19.2. The van der Waals surface area contributed by atoms with Crippen molar-refractivity contribution in [2.45, 2.75) is 24.9 Å². The van der Waals surface area contributed by atoms with Crippen LogP contribution in [0.2, 0.25) is 0 Å². The van der Waals surface area contributed by atoms with Gasteiger partial charge in [-0.3, -0.25) is 0 Å². The lowest BCUT2D eigenvalue weighted by Gasteiger charge is -2.30. The molecule has 1 saturated heterocycles. The van der Waals surface area contributed by atoms with Crippen molar-refractivity contribution in [2.24, 2.45) is 0 Å². The van der Waals surface area contributed by atoms with Crippen molar-refractivity contribution in [3.63, 3.8) is 0 Å². The minimum absolute atomic E-state index is 0.112. The fourth-order valence-electron chi connectivity index (χ4n) is 2.16. The standard InChI is InChI=1S/C12H16F2N2/c1-15-9-4-5-16-12(7-9)8-2-3-10(13)11(14)6-8/h2-3,6,9,12,15-16H,4-5,7H2,1H3. The van der Waals surface area contributed by atoms with E-state index in [1.165, 1.54) is 12.1 Å². The van der Waals surface area contributed by atoms with Gasteiger partial charge in [-0.15, -0.1) is 0 Å². The first kappa shape index (κ1) is 11.5. The van der Waals surface area contributed by atoms with Crippen LogP contribution >= 0.6 is 0 Å². The Morgan fingerprint density at radius 2 is 2.12 bits per heavy atom. The molecule has 1 fully saturated rings. The predicted molar refractivity (Wildman–Crippen MR) is 59.2 cm³/mol. The third-order valence-corrected chi connectivity index (χ3v) is 3.16. The Morgan fingerprint density at radius 1 is 1.31 bits per heavy atom. The maximum Gasteiger partial charge on any atom is 0.159 e. The molecule has 1 aliphatic rings. The molecule has 1 heterocycles. The molecular formula is C12H16F2N2. The molecule has 0 spiro atoms. The molecule has 88 valence electrons. The lowest BCUT2D eigenvalue weighted by molar-refractivity contribution is 0.336. The summed E-state index contributed by atoms with van der Waals surface area (Å²) in [6, 6.07) is 4.68. The van der Waals surface area contributed by atoms with Gasteiger partial charge in [-0.2, -0.15) is 0 Å². The Morgan fingerprint density at radius 3 is 2.81 bits per heavy atom. The molecule has 1 aromatic carbocycles. The van der Waals surface area contributed by atoms with Crippen molar-refractivity contribution in [3.05, 3.63) is 35.4 Å². The van der Waals surface area contributed by atoms with Crippen LogP contribution in [-0.2, 0) is 0 Å². The highest BCUT2D eigenvalue weighted by Gasteiger charge is 2.22. The fraction of sp³-hybridized carbons (Fsp3) is 0.500. The Labute approximate surface area is 94.0 Å². The topological polar surface area (TPSA) is 24.1 Å². The lowest BCUT2D eigenvalue weighted by atomic mass is 9.94. The van der Waals surface area contributed by atoms with E-state index in [4.69, 9.17) is 0 Å². The van der Waals surface area contributed by atoms with Gasteiger partial charge >= 0.3 is 0 Å². The lowest BCUT2D eigenvalue weighted by Crippen LogP contribution is -2.40. The second kappa shape index (κ2) is 4.89. The van der Waals surface area contributed by atoms with E-state index in [1.54, 1.807) is 6.07 Å². The SMILES string of the molecule is CNC1CCNC(c2ccc(F)c(F)c2)C1. The zero-order valence-corrected chi connectivity index (χ0v) is 9.26. The van der Waals surface area contributed by atoms with Crippen LogP contribution in [0.15, 0.2) is 18.2 Å². The van der Waals surface area contributed by atoms with E-state index in [0.29, 0.717) is 6.04 Å². The third kappa shape index (κ3) is 2.39. The average molecular weight is 226 g/mol. The van der Waals surface area contributed by atoms with Gasteiger partial charge in [0.2, 0.25) is 0 Å². The van der Waals surface area contributed by atoms with E-state index >= 15 is 0 Å². The molecule has 2 nitrogen and oxygen atoms in total. The van der Waals surface area contributed by atoms with Crippen LogP contribution in [0.25, 0.3) is 0 Å². The number of nitrogens with one attached hydrogen (secondary N) is 2. The molecule has 16 heavy (non-hydrogen) atoms. The van der Waals surface area contributed by atoms with Crippen LogP contribution in [-0.4, -0.2) is 19.6 Å². The summed E-state index contributed by atoms with van der Waals surface area (Å²) in [6.45, 7) is 0.898. The number of hydrogen-bond donors (Lipinski definition) is 2. The van der Waals surface area contributed by atoms with Crippen molar-refractivity contribution in [3.8, 4) is 0 Å². The highest BCUT2D eigenvalue weighted by molar-refractivity contribution is 5.22. The van der Waals surface area contributed by atoms with Crippen LogP contribution in [0.1, 0.15) is 24.4 Å². The van der Waals surface area contributed by atoms with Gasteiger partial charge in [-0.05, 0) is 44.1 Å². The largest absolute Gasteiger partial charge is 0.317 e. The van der Waals surface area contributed by atoms with Gasteiger partial charge in [0.15, 0.2) is 11.6 Å². The third-order valence-electron chi connectivity index (χ3n) is 3.16. The van der Waals surface area contributed by atoms with Crippen molar-refractivity contribution in [1.29, 1.82) is 0 Å². The summed E-state index contributed by atoms with van der Waals surface area (Å²) in [5.74, 6) is -1.56. The van der Waals surface area contributed by atoms with E-state index in [-0.39, 0.29) is 6.04 Å². The van der Waals surface area contributed by atoms with Gasteiger partial charge in [0, 0.05) is 12.1 Å². The summed E-state index contributed by atoms with van der Waals surface area (Å²) in [6.07, 6.45) is 1.97. The van der Waals surface area contributed by atoms with Gasteiger partial charge in [0.1, 0.15) is 0 Å². The second-order valence-electron chi connectivity index (χ2n) is 4.19. The Balaban J connectivity index is 2.13. The molecule has 1 aliphatic heterocycles. The highest BCUT2D eigenvalue weighted by Crippen LogP contribution is 2.24. The molecule has 2 rings (SSSR count). The summed E-state index contributed by atoms with van der Waals surface area (Å²) in [5.41, 5.74) is 0.818. The summed E-state index contributed by atoms with van der Waals surface area (Å²) in [4.78, 5) is 0. The minimum atomic E-state index is -0.787. The molecule has 1 aromatic rings. The average Bonchev–Trinajstić information content (AvgIpc) is 2.33. The van der Waals surface area contributed by atoms with Gasteiger partial charge in [0.05, 0.1) is 0 Å². The smallest absolute Gasteiger partial charge is 0.159 e. The Hall–Kier alpha value is -1.00. The van der Waals surface area contributed by atoms with E-state index in [2.05, 4.69) is 10.6 Å². The maximum atomic E-state index is 13.1. The zero-order chi connectivity index (χ0) is 11.5. The van der Waals surface area contributed by atoms with Crippen LogP contribution in [0, 0.1) is 11.6 Å². The predicted octanol–water partition coefficient (Wildman–Crippen LogP) is 1.98. The molecule has 2 unspecified atom stereocenters. The number of hydrogen-bond acceptors (Lipinski definition) is 2.